The number of fused-ring (bicyclic) bond motifs is 1. The molecule has 0 spiro atoms. The van der Waals surface area contributed by atoms with Crippen molar-refractivity contribution in [2.24, 2.45) is 0 Å². The fraction of sp³-hybridized carbons (Fsp3) is 0.182. The number of benzene rings is 2. The summed E-state index contributed by atoms with van der Waals surface area (Å²) in [7, 11) is 3.91. The third kappa shape index (κ3) is 4.88. The fourth-order valence-corrected chi connectivity index (χ4v) is 3.12. The van der Waals surface area contributed by atoms with Gasteiger partial charge in [-0.2, -0.15) is 0 Å². The molecule has 0 aliphatic heterocycles. The summed E-state index contributed by atoms with van der Waals surface area (Å²) in [5, 5.41) is 4.48. The SMILES string of the molecule is CN(C)C(CNC(=O)/C=C/c1cc2ccccc2[nH]c1=O)c1ccc(Cl)cc1. The van der Waals surface area contributed by atoms with Crippen molar-refractivity contribution >= 4 is 34.5 Å². The summed E-state index contributed by atoms with van der Waals surface area (Å²) in [5.41, 5.74) is 2.04. The van der Waals surface area contributed by atoms with Crippen LogP contribution >= 0.6 is 11.6 Å². The average molecular weight is 396 g/mol. The molecule has 28 heavy (non-hydrogen) atoms. The number of para-hydroxylation sites is 1. The van der Waals surface area contributed by atoms with Gasteiger partial charge in [0.15, 0.2) is 0 Å². The van der Waals surface area contributed by atoms with Crippen LogP contribution in [0.15, 0.2) is 65.5 Å². The second-order valence-electron chi connectivity index (χ2n) is 6.75. The first-order valence-corrected chi connectivity index (χ1v) is 9.32. The van der Waals surface area contributed by atoms with E-state index in [0.29, 0.717) is 17.1 Å². The number of halogens is 1. The number of hydrogen-bond donors (Lipinski definition) is 2. The summed E-state index contributed by atoms with van der Waals surface area (Å²) < 4.78 is 0. The Bertz CT molecular complexity index is 1060. The van der Waals surface area contributed by atoms with E-state index in [1.54, 1.807) is 6.07 Å². The van der Waals surface area contributed by atoms with Crippen LogP contribution in [0.5, 0.6) is 0 Å². The molecule has 1 unspecified atom stereocenters. The lowest BCUT2D eigenvalue weighted by Crippen LogP contribution is -2.33. The van der Waals surface area contributed by atoms with Crippen molar-refractivity contribution in [3.05, 3.63) is 87.2 Å². The lowest BCUT2D eigenvalue weighted by Gasteiger charge is -2.25. The molecule has 2 N–H and O–H groups in total. The molecule has 0 saturated carbocycles. The Morgan fingerprint density at radius 1 is 1.18 bits per heavy atom. The Balaban J connectivity index is 1.68. The van der Waals surface area contributed by atoms with E-state index in [-0.39, 0.29) is 17.5 Å². The smallest absolute Gasteiger partial charge is 0.255 e. The van der Waals surface area contributed by atoms with E-state index in [0.717, 1.165) is 16.5 Å². The molecule has 1 amide bonds. The Hall–Kier alpha value is -2.89. The summed E-state index contributed by atoms with van der Waals surface area (Å²) >= 11 is 5.95. The second-order valence-corrected chi connectivity index (χ2v) is 7.19. The number of carbonyl (C=O) groups excluding carboxylic acids is 1. The molecule has 144 valence electrons. The molecule has 1 atom stereocenters. The first-order chi connectivity index (χ1) is 13.4. The zero-order valence-corrected chi connectivity index (χ0v) is 16.5. The lowest BCUT2D eigenvalue weighted by molar-refractivity contribution is -0.116. The van der Waals surface area contributed by atoms with Gasteiger partial charge in [-0.1, -0.05) is 41.9 Å². The van der Waals surface area contributed by atoms with E-state index in [1.165, 1.54) is 12.2 Å². The van der Waals surface area contributed by atoms with Gasteiger partial charge in [0.1, 0.15) is 0 Å². The minimum atomic E-state index is -0.256. The molecule has 1 heterocycles. The van der Waals surface area contributed by atoms with Crippen LogP contribution in [0.1, 0.15) is 17.2 Å². The van der Waals surface area contributed by atoms with Gasteiger partial charge >= 0.3 is 0 Å². The van der Waals surface area contributed by atoms with Crippen LogP contribution in [-0.2, 0) is 4.79 Å². The summed E-state index contributed by atoms with van der Waals surface area (Å²) in [5.74, 6) is -0.256. The molecule has 0 aliphatic rings. The van der Waals surface area contributed by atoms with Gasteiger partial charge < -0.3 is 15.2 Å². The van der Waals surface area contributed by atoms with E-state index in [1.807, 2.05) is 67.5 Å². The molecule has 1 aromatic heterocycles. The summed E-state index contributed by atoms with van der Waals surface area (Å²) in [6, 6.07) is 16.9. The normalized spacial score (nSPS) is 12.6. The van der Waals surface area contributed by atoms with Gasteiger partial charge in [0.05, 0.1) is 6.04 Å². The fourth-order valence-electron chi connectivity index (χ4n) is 2.99. The maximum absolute atomic E-state index is 12.3. The highest BCUT2D eigenvalue weighted by Gasteiger charge is 2.14. The van der Waals surface area contributed by atoms with Crippen molar-refractivity contribution in [3.8, 4) is 0 Å². The maximum Gasteiger partial charge on any atom is 0.255 e. The maximum atomic E-state index is 12.3. The Kier molecular flexibility index (Phi) is 6.29. The molecule has 0 saturated heterocycles. The van der Waals surface area contributed by atoms with Crippen molar-refractivity contribution in [2.45, 2.75) is 6.04 Å². The summed E-state index contributed by atoms with van der Waals surface area (Å²) in [4.78, 5) is 29.3. The topological polar surface area (TPSA) is 65.2 Å². The van der Waals surface area contributed by atoms with Gasteiger partial charge in [0.25, 0.3) is 5.56 Å². The Morgan fingerprint density at radius 3 is 2.61 bits per heavy atom. The zero-order chi connectivity index (χ0) is 20.1. The molecular formula is C22H22ClN3O2. The van der Waals surface area contributed by atoms with Gasteiger partial charge in [-0.05, 0) is 55.4 Å². The van der Waals surface area contributed by atoms with Gasteiger partial charge in [0.2, 0.25) is 5.91 Å². The van der Waals surface area contributed by atoms with Crippen molar-refractivity contribution in [3.63, 3.8) is 0 Å². The lowest BCUT2D eigenvalue weighted by atomic mass is 10.1. The monoisotopic (exact) mass is 395 g/mol. The molecule has 0 bridgehead atoms. The third-order valence-corrected chi connectivity index (χ3v) is 4.80. The number of aromatic amines is 1. The molecule has 6 heteroatoms. The standard InChI is InChI=1S/C22H22ClN3O2/c1-26(2)20(15-7-10-18(23)11-8-15)14-24-21(27)12-9-17-13-16-5-3-4-6-19(16)25-22(17)28/h3-13,20H,14H2,1-2H3,(H,24,27)(H,25,28)/b12-9+. The highest BCUT2D eigenvalue weighted by Crippen LogP contribution is 2.19. The quantitative estimate of drug-likeness (QED) is 0.626. The summed E-state index contributed by atoms with van der Waals surface area (Å²) in [6.45, 7) is 0.436. The Morgan fingerprint density at radius 2 is 1.89 bits per heavy atom. The molecule has 0 fully saturated rings. The van der Waals surface area contributed by atoms with E-state index in [2.05, 4.69) is 10.3 Å². The van der Waals surface area contributed by atoms with E-state index >= 15 is 0 Å². The number of nitrogens with one attached hydrogen (secondary N) is 2. The largest absolute Gasteiger partial charge is 0.351 e. The predicted molar refractivity (Wildman–Crippen MR) is 114 cm³/mol. The first-order valence-electron chi connectivity index (χ1n) is 8.94. The van der Waals surface area contributed by atoms with Crippen LogP contribution < -0.4 is 10.9 Å². The number of carbonyl (C=O) groups is 1. The van der Waals surface area contributed by atoms with Crippen LogP contribution in [0.4, 0.5) is 0 Å². The highest BCUT2D eigenvalue weighted by molar-refractivity contribution is 6.30. The van der Waals surface area contributed by atoms with Crippen LogP contribution in [0.3, 0.4) is 0 Å². The summed E-state index contributed by atoms with van der Waals surface area (Å²) in [6.07, 6.45) is 2.92. The van der Waals surface area contributed by atoms with Crippen LogP contribution in [0.25, 0.3) is 17.0 Å². The van der Waals surface area contributed by atoms with Crippen LogP contribution in [0, 0.1) is 0 Å². The predicted octanol–water partition coefficient (Wildman–Crippen LogP) is 3.61. The number of likely N-dealkylation sites (N-methyl/N-ethyl adjacent to an activating group) is 1. The van der Waals surface area contributed by atoms with Crippen molar-refractivity contribution in [2.75, 3.05) is 20.6 Å². The van der Waals surface area contributed by atoms with Crippen molar-refractivity contribution in [1.29, 1.82) is 0 Å². The number of nitrogens with zero attached hydrogens (tertiary/aromatic N) is 1. The first kappa shape index (κ1) is 19.9. The molecule has 2 aromatic carbocycles. The molecule has 0 radical (unpaired) electrons. The average Bonchev–Trinajstić information content (AvgIpc) is 2.67. The number of H-pyrrole nitrogens is 1. The van der Waals surface area contributed by atoms with Crippen LogP contribution in [-0.4, -0.2) is 36.4 Å². The van der Waals surface area contributed by atoms with Crippen molar-refractivity contribution < 1.29 is 4.79 Å². The van der Waals surface area contributed by atoms with Crippen molar-refractivity contribution in [1.82, 2.24) is 15.2 Å². The molecule has 5 nitrogen and oxygen atoms in total. The van der Waals surface area contributed by atoms with Gasteiger partial charge in [-0.3, -0.25) is 9.59 Å². The van der Waals surface area contributed by atoms with E-state index in [4.69, 9.17) is 11.6 Å². The number of rotatable bonds is 6. The van der Waals surface area contributed by atoms with Gasteiger partial charge in [-0.25, -0.2) is 0 Å². The molecular weight excluding hydrogens is 374 g/mol. The zero-order valence-electron chi connectivity index (χ0n) is 15.8. The minimum absolute atomic E-state index is 0.0127. The molecule has 0 aliphatic carbocycles. The van der Waals surface area contributed by atoms with E-state index in [9.17, 15) is 9.59 Å². The molecule has 3 aromatic rings. The molecule has 3 rings (SSSR count). The number of aromatic nitrogens is 1. The highest BCUT2D eigenvalue weighted by atomic mass is 35.5. The minimum Gasteiger partial charge on any atom is -0.351 e. The Labute approximate surface area is 168 Å². The van der Waals surface area contributed by atoms with Gasteiger partial charge in [-0.15, -0.1) is 0 Å². The second kappa shape index (κ2) is 8.87. The number of amides is 1. The van der Waals surface area contributed by atoms with Gasteiger partial charge in [0, 0.05) is 28.7 Å². The third-order valence-electron chi connectivity index (χ3n) is 4.54. The number of hydrogen-bond acceptors (Lipinski definition) is 3. The van der Waals surface area contributed by atoms with Crippen LogP contribution in [0.2, 0.25) is 5.02 Å². The number of pyridine rings is 1. The van der Waals surface area contributed by atoms with E-state index < -0.39 is 0 Å².